The second-order valence-corrected chi connectivity index (χ2v) is 27.3. The number of nitrogens with one attached hydrogen (secondary N) is 10. The first-order valence-electron chi connectivity index (χ1n) is 37.0. The number of hydrogen-bond acceptors (Lipinski definition) is 17. The molecule has 1 aliphatic rings. The van der Waals surface area contributed by atoms with Crippen LogP contribution in [0.25, 0.3) is 0 Å². The molecule has 0 aliphatic carbocycles. The van der Waals surface area contributed by atoms with Gasteiger partial charge in [-0.1, -0.05) is 105 Å². The largest absolute Gasteiger partial charge is 0.370 e. The first-order chi connectivity index (χ1) is 52.3. The van der Waals surface area contributed by atoms with E-state index in [0.717, 1.165) is 5.56 Å². The van der Waals surface area contributed by atoms with Crippen LogP contribution in [-0.2, 0) is 76.8 Å². The maximum absolute atomic E-state index is 15.0. The van der Waals surface area contributed by atoms with Crippen LogP contribution in [0, 0.1) is 5.92 Å². The van der Waals surface area contributed by atoms with Gasteiger partial charge in [-0.25, -0.2) is 0 Å². The Kier molecular flexibility index (Phi) is 40.1. The Balaban J connectivity index is 1.66. The van der Waals surface area contributed by atoms with E-state index in [4.69, 9.17) is 57.3 Å². The van der Waals surface area contributed by atoms with Gasteiger partial charge < -0.3 is 115 Å². The fourth-order valence-corrected chi connectivity index (χ4v) is 12.1. The van der Waals surface area contributed by atoms with Crippen LogP contribution in [0.15, 0.2) is 111 Å². The van der Waals surface area contributed by atoms with Crippen molar-refractivity contribution < 1.29 is 57.5 Å². The lowest BCUT2D eigenvalue weighted by molar-refractivity contribution is -0.142. The summed E-state index contributed by atoms with van der Waals surface area (Å²) in [6, 6.07) is 12.0. The topological polar surface area (TPSA) is 638 Å². The highest BCUT2D eigenvalue weighted by molar-refractivity contribution is 5.99. The van der Waals surface area contributed by atoms with Crippen LogP contribution < -0.4 is 111 Å². The number of unbranched alkanes of at least 4 members (excludes halogenated alkanes) is 1. The lowest BCUT2D eigenvalue weighted by Crippen LogP contribution is -2.61. The molecule has 0 aromatic heterocycles. The number of guanidine groups is 4. The highest BCUT2D eigenvalue weighted by Crippen LogP contribution is 2.21. The molecule has 0 radical (unpaired) electrons. The molecule has 1 saturated heterocycles. The minimum absolute atomic E-state index is 0.00528. The summed E-state index contributed by atoms with van der Waals surface area (Å²) in [4.78, 5) is 188. The fourth-order valence-electron chi connectivity index (χ4n) is 12.1. The second-order valence-electron chi connectivity index (χ2n) is 27.3. The number of benzene rings is 3. The predicted molar refractivity (Wildman–Crippen MR) is 417 cm³/mol. The molecular weight excluding hydrogens is 1420 g/mol. The number of aliphatic imine (C=N–C) groups is 4. The molecule has 1 fully saturated rings. The molecule has 0 bridgehead atoms. The highest BCUT2D eigenvalue weighted by Gasteiger charge is 2.40. The molecule has 4 rings (SSSR count). The normalized spacial score (nSPS) is 15.0. The van der Waals surface area contributed by atoms with E-state index in [1.165, 1.54) is 18.7 Å². The summed E-state index contributed by atoms with van der Waals surface area (Å²) in [5, 5.41) is 27.3. The minimum atomic E-state index is -1.48. The third-order valence-electron chi connectivity index (χ3n) is 17.6. The van der Waals surface area contributed by atoms with Crippen LogP contribution in [-0.4, -0.2) is 205 Å². The molecule has 37 heteroatoms. The second kappa shape index (κ2) is 48.6. The van der Waals surface area contributed by atoms with Gasteiger partial charge in [0.1, 0.15) is 66.5 Å². The number of carbonyl (C=O) groups excluding carboxylic acids is 12. The Labute approximate surface area is 641 Å². The van der Waals surface area contributed by atoms with Crippen molar-refractivity contribution in [2.75, 3.05) is 39.3 Å². The smallest absolute Gasteiger partial charge is 0.245 e. The van der Waals surface area contributed by atoms with E-state index in [-0.39, 0.29) is 152 Å². The van der Waals surface area contributed by atoms with Crippen LogP contribution in [0.2, 0.25) is 0 Å². The molecule has 1 aliphatic heterocycles. The summed E-state index contributed by atoms with van der Waals surface area (Å²) < 4.78 is 0. The Morgan fingerprint density at radius 2 is 0.718 bits per heavy atom. The first kappa shape index (κ1) is 90.7. The zero-order valence-corrected chi connectivity index (χ0v) is 63.3. The fraction of sp³-hybridized carbons (Fsp3) is 0.534. The monoisotopic (exact) mass is 1530 g/mol. The van der Waals surface area contributed by atoms with Gasteiger partial charge in [0, 0.05) is 58.9 Å². The zero-order chi connectivity index (χ0) is 81.2. The number of nitrogens with zero attached hydrogens (tertiary/aromatic N) is 5. The van der Waals surface area contributed by atoms with Crippen molar-refractivity contribution in [3.8, 4) is 0 Å². The zero-order valence-electron chi connectivity index (χ0n) is 63.3. The number of carbonyl (C=O) groups is 12. The Hall–Kier alpha value is -11.7. The van der Waals surface area contributed by atoms with Crippen LogP contribution in [0.3, 0.4) is 0 Å². The van der Waals surface area contributed by atoms with Crippen molar-refractivity contribution in [2.24, 2.45) is 83.2 Å². The highest BCUT2D eigenvalue weighted by atomic mass is 16.2. The average molecular weight is 1530 g/mol. The summed E-state index contributed by atoms with van der Waals surface area (Å²) in [6.45, 7) is 6.63. The third kappa shape index (κ3) is 34.5. The molecule has 1 heterocycles. The first-order valence-corrected chi connectivity index (χ1v) is 37.0. The maximum Gasteiger partial charge on any atom is 0.245 e. The molecule has 12 amide bonds. The van der Waals surface area contributed by atoms with E-state index in [0.29, 0.717) is 36.9 Å². The Bertz CT molecular complexity index is 3610. The molecule has 37 nitrogen and oxygen atoms in total. The van der Waals surface area contributed by atoms with Crippen LogP contribution in [0.4, 0.5) is 0 Å². The standard InChI is InChI=1S/C73H115N25O12/c1-43(2)39-54(95-63(104)52(30-18-36-86-72(80)81)93-66(107)56(41-47-23-10-6-11-24-47)97-67(108)57(42-48-25-12-7-13-26-48)96-65(106)55(89-45(4)99)40-46-21-8-5-9-22-46)64(105)92-51(29-17-35-85-71(78)79)62(103)91-50(28-16-34-84-70(76)77)61(102)88-44(3)60(101)94-53(31-19-37-87-73(82)83)69(110)98-38-20-32-58(98)68(109)90-49(59(75)100)27-14-15-33-74/h5-13,21-26,43-44,49-58H,14-20,27-42,74H2,1-4H3,(H2,75,100)(H,88,102)(H,89,99)(H,90,109)(H,91,103)(H,92,105)(H,93,107)(H,94,101)(H,95,104)(H,96,106)(H,97,108)(H4,76,77,84)(H4,78,79,85)(H4,80,81,86)(H4,82,83,87)/t44-,49+,50+,51+,52-,53+,54+,55+,56+,57+,58+/m1/s1. The van der Waals surface area contributed by atoms with Crippen LogP contribution in [0.1, 0.15) is 134 Å². The van der Waals surface area contributed by atoms with Crippen LogP contribution in [0.5, 0.6) is 0 Å². The van der Waals surface area contributed by atoms with E-state index in [1.54, 1.807) is 105 Å². The molecular formula is C73H115N25O12. The number of amides is 12. The van der Waals surface area contributed by atoms with Crippen molar-refractivity contribution in [1.82, 2.24) is 58.1 Å². The summed E-state index contributed by atoms with van der Waals surface area (Å²) in [7, 11) is 0. The van der Waals surface area contributed by atoms with Crippen LogP contribution >= 0.6 is 0 Å². The van der Waals surface area contributed by atoms with Gasteiger partial charge in [-0.05, 0) is 126 Å². The molecule has 110 heavy (non-hydrogen) atoms. The summed E-state index contributed by atoms with van der Waals surface area (Å²) >= 11 is 0. The number of nitrogens with two attached hydrogens (primary N) is 10. The summed E-state index contributed by atoms with van der Waals surface area (Å²) in [5.41, 5.74) is 58.2. The molecule has 604 valence electrons. The number of primary amides is 1. The lowest BCUT2D eigenvalue weighted by atomic mass is 10.00. The predicted octanol–water partition coefficient (Wildman–Crippen LogP) is -4.53. The molecule has 30 N–H and O–H groups in total. The molecule has 0 saturated carbocycles. The molecule has 3 aromatic carbocycles. The Morgan fingerprint density at radius 3 is 1.08 bits per heavy atom. The van der Waals surface area contributed by atoms with E-state index >= 15 is 0 Å². The SMILES string of the molecule is CC(=O)N[C@@H](Cc1ccccc1)C(=O)N[C@@H](Cc1ccccc1)C(=O)N[C@@H](Cc1ccccc1)C(=O)N[C@H](CCCN=C(N)N)C(=O)N[C@@H](CC(C)C)C(=O)N[C@@H](CCCN=C(N)N)C(=O)N[C@@H](CCCN=C(N)N)C(=O)N[C@H](C)C(=O)N[C@@H](CCCN=C(N)N)C(=O)N1CCC[C@H]1C(=O)N[C@@H](CCCCN)C(N)=O. The summed E-state index contributed by atoms with van der Waals surface area (Å²) in [6.07, 6.45) is 1.77. The number of likely N-dealkylation sites (tertiary alicyclic amines) is 1. The van der Waals surface area contributed by atoms with Crippen molar-refractivity contribution in [2.45, 2.75) is 203 Å². The van der Waals surface area contributed by atoms with E-state index < -0.39 is 137 Å². The average Bonchev–Trinajstić information content (AvgIpc) is 1.62. The lowest BCUT2D eigenvalue weighted by Gasteiger charge is -2.30. The van der Waals surface area contributed by atoms with E-state index in [9.17, 15) is 57.5 Å². The third-order valence-corrected chi connectivity index (χ3v) is 17.6. The maximum atomic E-state index is 15.0. The van der Waals surface area contributed by atoms with Gasteiger partial charge >= 0.3 is 0 Å². The number of hydrogen-bond donors (Lipinski definition) is 20. The van der Waals surface area contributed by atoms with Gasteiger partial charge in [-0.2, -0.15) is 0 Å². The van der Waals surface area contributed by atoms with Crippen molar-refractivity contribution in [3.05, 3.63) is 108 Å². The van der Waals surface area contributed by atoms with Gasteiger partial charge in [-0.15, -0.1) is 0 Å². The summed E-state index contributed by atoms with van der Waals surface area (Å²) in [5.74, 6) is -10.5. The Morgan fingerprint density at radius 1 is 0.391 bits per heavy atom. The van der Waals surface area contributed by atoms with Crippen molar-refractivity contribution >= 4 is 94.7 Å². The molecule has 3 aromatic rings. The number of rotatable bonds is 49. The van der Waals surface area contributed by atoms with Gasteiger partial charge in [0.15, 0.2) is 23.8 Å². The van der Waals surface area contributed by atoms with E-state index in [1.807, 2.05) is 0 Å². The van der Waals surface area contributed by atoms with Gasteiger partial charge in [0.2, 0.25) is 70.9 Å². The molecule has 0 unspecified atom stereocenters. The van der Waals surface area contributed by atoms with E-state index in [2.05, 4.69) is 73.1 Å². The van der Waals surface area contributed by atoms with Gasteiger partial charge in [0.25, 0.3) is 0 Å². The van der Waals surface area contributed by atoms with Crippen molar-refractivity contribution in [3.63, 3.8) is 0 Å². The molecule has 0 spiro atoms. The van der Waals surface area contributed by atoms with Gasteiger partial charge in [0.05, 0.1) is 0 Å². The van der Waals surface area contributed by atoms with Gasteiger partial charge in [-0.3, -0.25) is 77.5 Å². The quantitative estimate of drug-likeness (QED) is 0.0144. The molecule has 11 atom stereocenters. The van der Waals surface area contributed by atoms with Crippen molar-refractivity contribution in [1.29, 1.82) is 0 Å². The minimum Gasteiger partial charge on any atom is -0.370 e.